The average molecular weight is 365 g/mol. The molecule has 1 amide bonds. The van der Waals surface area contributed by atoms with Gasteiger partial charge >= 0.3 is 0 Å². The fourth-order valence-corrected chi connectivity index (χ4v) is 3.43. The fourth-order valence-electron chi connectivity index (χ4n) is 3.43. The standard InChI is InChI=1S/C21H20FN3O2/c22-16-9-7-15(8-10-16)13-17-14-24-20(27-17)19-6-2-4-12-25(19)21(26)18-5-1-3-11-23-18/h1,3,5,7-11,14,19H,2,4,6,12-13H2/t19-/m0/s1. The fraction of sp³-hybridized carbons (Fsp3) is 0.286. The maximum Gasteiger partial charge on any atom is 0.273 e. The number of piperidine rings is 1. The van der Waals surface area contributed by atoms with Crippen molar-refractivity contribution in [3.05, 3.63) is 83.6 Å². The molecule has 1 aliphatic heterocycles. The minimum absolute atomic E-state index is 0.0985. The molecule has 3 aromatic rings. The number of carbonyl (C=O) groups excluding carboxylic acids is 1. The molecule has 1 atom stereocenters. The van der Waals surface area contributed by atoms with Gasteiger partial charge in [-0.2, -0.15) is 0 Å². The van der Waals surface area contributed by atoms with Crippen molar-refractivity contribution in [3.63, 3.8) is 0 Å². The second kappa shape index (κ2) is 7.70. The molecule has 6 heteroatoms. The molecule has 0 unspecified atom stereocenters. The third-order valence-electron chi connectivity index (χ3n) is 4.80. The number of hydrogen-bond acceptors (Lipinski definition) is 4. The predicted octanol–water partition coefficient (Wildman–Crippen LogP) is 4.17. The minimum Gasteiger partial charge on any atom is -0.443 e. The van der Waals surface area contributed by atoms with Crippen LogP contribution in [0.25, 0.3) is 0 Å². The first kappa shape index (κ1) is 17.4. The number of oxazole rings is 1. The van der Waals surface area contributed by atoms with Crippen LogP contribution in [-0.4, -0.2) is 27.3 Å². The summed E-state index contributed by atoms with van der Waals surface area (Å²) in [6, 6.07) is 11.5. The lowest BCUT2D eigenvalue weighted by atomic mass is 10.0. The smallest absolute Gasteiger partial charge is 0.273 e. The van der Waals surface area contributed by atoms with Crippen molar-refractivity contribution in [2.45, 2.75) is 31.7 Å². The van der Waals surface area contributed by atoms with E-state index in [4.69, 9.17) is 4.42 Å². The number of hydrogen-bond donors (Lipinski definition) is 0. The monoisotopic (exact) mass is 365 g/mol. The van der Waals surface area contributed by atoms with Gasteiger partial charge in [-0.25, -0.2) is 9.37 Å². The maximum absolute atomic E-state index is 13.1. The average Bonchev–Trinajstić information content (AvgIpc) is 3.18. The summed E-state index contributed by atoms with van der Waals surface area (Å²) in [4.78, 5) is 23.3. The van der Waals surface area contributed by atoms with Crippen molar-refractivity contribution < 1.29 is 13.6 Å². The summed E-state index contributed by atoms with van der Waals surface area (Å²) in [5, 5.41) is 0. The van der Waals surface area contributed by atoms with E-state index < -0.39 is 0 Å². The summed E-state index contributed by atoms with van der Waals surface area (Å²) >= 11 is 0. The molecule has 27 heavy (non-hydrogen) atoms. The van der Waals surface area contributed by atoms with Gasteiger partial charge in [-0.3, -0.25) is 9.78 Å². The van der Waals surface area contributed by atoms with Gasteiger partial charge in [0.25, 0.3) is 5.91 Å². The Kier molecular flexibility index (Phi) is 4.96. The first-order valence-electron chi connectivity index (χ1n) is 9.12. The van der Waals surface area contributed by atoms with Crippen molar-refractivity contribution in [2.24, 2.45) is 0 Å². The molecular formula is C21H20FN3O2. The normalized spacial score (nSPS) is 17.1. The Balaban J connectivity index is 1.53. The van der Waals surface area contributed by atoms with E-state index in [1.807, 2.05) is 6.07 Å². The van der Waals surface area contributed by atoms with Crippen LogP contribution in [-0.2, 0) is 6.42 Å². The molecule has 1 fully saturated rings. The van der Waals surface area contributed by atoms with Gasteiger partial charge in [0.05, 0.1) is 6.20 Å². The van der Waals surface area contributed by atoms with E-state index in [2.05, 4.69) is 9.97 Å². The topological polar surface area (TPSA) is 59.2 Å². The highest BCUT2D eigenvalue weighted by atomic mass is 19.1. The van der Waals surface area contributed by atoms with Crippen LogP contribution < -0.4 is 0 Å². The summed E-state index contributed by atoms with van der Waals surface area (Å²) in [6.07, 6.45) is 6.64. The lowest BCUT2D eigenvalue weighted by Gasteiger charge is -2.33. The molecule has 0 spiro atoms. The third kappa shape index (κ3) is 3.89. The van der Waals surface area contributed by atoms with Crippen LogP contribution in [0.15, 0.2) is 59.3 Å². The Hall–Kier alpha value is -3.02. The van der Waals surface area contributed by atoms with Gasteiger partial charge in [0.2, 0.25) is 5.89 Å². The highest BCUT2D eigenvalue weighted by Crippen LogP contribution is 2.32. The Labute approximate surface area is 156 Å². The Morgan fingerprint density at radius 3 is 2.78 bits per heavy atom. The van der Waals surface area contributed by atoms with Crippen molar-refractivity contribution in [3.8, 4) is 0 Å². The molecule has 0 radical (unpaired) electrons. The van der Waals surface area contributed by atoms with E-state index in [1.54, 1.807) is 41.6 Å². The zero-order chi connectivity index (χ0) is 18.6. The molecule has 5 nitrogen and oxygen atoms in total. The number of rotatable bonds is 4. The van der Waals surface area contributed by atoms with E-state index in [0.29, 0.717) is 30.3 Å². The van der Waals surface area contributed by atoms with Gasteiger partial charge in [-0.05, 0) is 49.1 Å². The summed E-state index contributed by atoms with van der Waals surface area (Å²) in [6.45, 7) is 0.662. The second-order valence-corrected chi connectivity index (χ2v) is 6.69. The molecule has 138 valence electrons. The molecule has 2 aromatic heterocycles. The quantitative estimate of drug-likeness (QED) is 0.696. The Morgan fingerprint density at radius 2 is 2.00 bits per heavy atom. The molecule has 4 rings (SSSR count). The SMILES string of the molecule is O=C(c1ccccn1)N1CCCC[C@H]1c1ncc(Cc2ccc(F)cc2)o1. The zero-order valence-corrected chi connectivity index (χ0v) is 14.8. The van der Waals surface area contributed by atoms with Crippen molar-refractivity contribution in [2.75, 3.05) is 6.54 Å². The molecule has 1 aliphatic rings. The number of benzene rings is 1. The van der Waals surface area contributed by atoms with Crippen molar-refractivity contribution in [1.82, 2.24) is 14.9 Å². The minimum atomic E-state index is -0.261. The van der Waals surface area contributed by atoms with Crippen LogP contribution >= 0.6 is 0 Å². The number of aromatic nitrogens is 2. The van der Waals surface area contributed by atoms with Crippen LogP contribution in [0.4, 0.5) is 4.39 Å². The second-order valence-electron chi connectivity index (χ2n) is 6.69. The number of pyridine rings is 1. The molecule has 1 saturated heterocycles. The third-order valence-corrected chi connectivity index (χ3v) is 4.80. The summed E-state index contributed by atoms with van der Waals surface area (Å²) < 4.78 is 19.0. The molecule has 0 aliphatic carbocycles. The number of nitrogens with zero attached hydrogens (tertiary/aromatic N) is 3. The van der Waals surface area contributed by atoms with E-state index in [9.17, 15) is 9.18 Å². The van der Waals surface area contributed by atoms with E-state index in [0.717, 1.165) is 24.8 Å². The highest BCUT2D eigenvalue weighted by molar-refractivity contribution is 5.92. The molecule has 0 bridgehead atoms. The van der Waals surface area contributed by atoms with Crippen molar-refractivity contribution >= 4 is 5.91 Å². The van der Waals surface area contributed by atoms with Crippen LogP contribution in [0.2, 0.25) is 0 Å². The number of amides is 1. The molecular weight excluding hydrogens is 345 g/mol. The van der Waals surface area contributed by atoms with Gasteiger partial charge in [0, 0.05) is 19.2 Å². The Morgan fingerprint density at radius 1 is 1.15 bits per heavy atom. The molecule has 3 heterocycles. The van der Waals surface area contributed by atoms with Gasteiger partial charge in [0.1, 0.15) is 23.3 Å². The lowest BCUT2D eigenvalue weighted by Crippen LogP contribution is -2.39. The van der Waals surface area contributed by atoms with E-state index >= 15 is 0 Å². The zero-order valence-electron chi connectivity index (χ0n) is 14.8. The van der Waals surface area contributed by atoms with E-state index in [-0.39, 0.29) is 17.8 Å². The first-order chi connectivity index (χ1) is 13.2. The molecule has 0 N–H and O–H groups in total. The van der Waals surface area contributed by atoms with Gasteiger partial charge < -0.3 is 9.32 Å². The first-order valence-corrected chi connectivity index (χ1v) is 9.12. The van der Waals surface area contributed by atoms with Gasteiger partial charge in [-0.1, -0.05) is 18.2 Å². The Bertz CT molecular complexity index is 909. The number of halogens is 1. The summed E-state index contributed by atoms with van der Waals surface area (Å²) in [5.74, 6) is 0.894. The van der Waals surface area contributed by atoms with Crippen LogP contribution in [0.3, 0.4) is 0 Å². The van der Waals surface area contributed by atoms with Gasteiger partial charge in [0.15, 0.2) is 0 Å². The summed E-state index contributed by atoms with van der Waals surface area (Å²) in [7, 11) is 0. The maximum atomic E-state index is 13.1. The van der Waals surface area contributed by atoms with E-state index in [1.165, 1.54) is 12.1 Å². The summed E-state index contributed by atoms with van der Waals surface area (Å²) in [5.41, 5.74) is 1.38. The van der Waals surface area contributed by atoms with Crippen LogP contribution in [0, 0.1) is 5.82 Å². The number of carbonyl (C=O) groups is 1. The van der Waals surface area contributed by atoms with Crippen molar-refractivity contribution in [1.29, 1.82) is 0 Å². The number of likely N-dealkylation sites (tertiary alicyclic amines) is 1. The van der Waals surface area contributed by atoms with Gasteiger partial charge in [-0.15, -0.1) is 0 Å². The molecule has 1 aromatic carbocycles. The van der Waals surface area contributed by atoms with Crippen LogP contribution in [0.1, 0.15) is 53.0 Å². The largest absolute Gasteiger partial charge is 0.443 e. The molecule has 0 saturated carbocycles. The predicted molar refractivity (Wildman–Crippen MR) is 97.6 cm³/mol. The lowest BCUT2D eigenvalue weighted by molar-refractivity contribution is 0.0564. The van der Waals surface area contributed by atoms with Crippen LogP contribution in [0.5, 0.6) is 0 Å². The highest BCUT2D eigenvalue weighted by Gasteiger charge is 2.32.